The maximum Gasteiger partial charge on any atom is 0.251 e. The number of hydrogen-bond donors (Lipinski definition) is 2. The first kappa shape index (κ1) is 20.0. The van der Waals surface area contributed by atoms with Gasteiger partial charge in [0.25, 0.3) is 5.91 Å². The summed E-state index contributed by atoms with van der Waals surface area (Å²) in [5.74, 6) is 0.472. The topological polar surface area (TPSA) is 57.3 Å². The van der Waals surface area contributed by atoms with Gasteiger partial charge in [0.1, 0.15) is 0 Å². The number of benzene rings is 2. The summed E-state index contributed by atoms with van der Waals surface area (Å²) in [6.07, 6.45) is 4.68. The molecule has 154 valence electrons. The van der Waals surface area contributed by atoms with Gasteiger partial charge in [0, 0.05) is 55.5 Å². The minimum atomic E-state index is -0.00924. The summed E-state index contributed by atoms with van der Waals surface area (Å²) in [5.41, 5.74) is 5.47. The number of aromatic nitrogens is 1. The van der Waals surface area contributed by atoms with Gasteiger partial charge in [0.2, 0.25) is 0 Å². The molecule has 30 heavy (non-hydrogen) atoms. The van der Waals surface area contributed by atoms with Gasteiger partial charge < -0.3 is 15.5 Å². The zero-order valence-electron chi connectivity index (χ0n) is 17.3. The van der Waals surface area contributed by atoms with Crippen LogP contribution in [-0.2, 0) is 6.54 Å². The van der Waals surface area contributed by atoms with E-state index in [1.54, 1.807) is 12.4 Å². The molecule has 0 spiro atoms. The van der Waals surface area contributed by atoms with E-state index in [2.05, 4.69) is 51.7 Å². The molecule has 3 aromatic rings. The Kier molecular flexibility index (Phi) is 6.28. The predicted octanol–water partition coefficient (Wildman–Crippen LogP) is 4.26. The molecule has 1 amide bonds. The monoisotopic (exact) mass is 400 g/mol. The SMILES string of the molecule is Cc1ccccc1N1CCC(CNC(=O)c2ccc(NCc3ccncc3)cc2)C1. The van der Waals surface area contributed by atoms with Crippen LogP contribution in [-0.4, -0.2) is 30.5 Å². The molecule has 5 heteroatoms. The third-order valence-electron chi connectivity index (χ3n) is 5.69. The average molecular weight is 401 g/mol. The quantitative estimate of drug-likeness (QED) is 0.622. The molecule has 0 radical (unpaired) electrons. The molecule has 1 aromatic heterocycles. The van der Waals surface area contributed by atoms with E-state index in [-0.39, 0.29) is 5.91 Å². The fourth-order valence-corrected chi connectivity index (χ4v) is 3.92. The second-order valence-corrected chi connectivity index (χ2v) is 7.88. The first-order valence-corrected chi connectivity index (χ1v) is 10.5. The van der Waals surface area contributed by atoms with E-state index in [4.69, 9.17) is 0 Å². The number of anilines is 2. The molecule has 1 saturated heterocycles. The van der Waals surface area contributed by atoms with Gasteiger partial charge in [-0.2, -0.15) is 0 Å². The van der Waals surface area contributed by atoms with Gasteiger partial charge in [-0.3, -0.25) is 9.78 Å². The number of nitrogens with zero attached hydrogens (tertiary/aromatic N) is 2. The molecular weight excluding hydrogens is 372 g/mol. The smallest absolute Gasteiger partial charge is 0.251 e. The van der Waals surface area contributed by atoms with E-state index in [1.165, 1.54) is 16.8 Å². The molecule has 1 unspecified atom stereocenters. The summed E-state index contributed by atoms with van der Waals surface area (Å²) < 4.78 is 0. The van der Waals surface area contributed by atoms with E-state index in [9.17, 15) is 4.79 Å². The molecule has 1 aliphatic heterocycles. The van der Waals surface area contributed by atoms with Gasteiger partial charge in [0.15, 0.2) is 0 Å². The summed E-state index contributed by atoms with van der Waals surface area (Å²) >= 11 is 0. The molecular formula is C25H28N4O. The number of nitrogens with one attached hydrogen (secondary N) is 2. The van der Waals surface area contributed by atoms with Crippen molar-refractivity contribution in [3.8, 4) is 0 Å². The molecule has 0 bridgehead atoms. The average Bonchev–Trinajstić information content (AvgIpc) is 3.26. The van der Waals surface area contributed by atoms with Crippen LogP contribution in [0, 0.1) is 12.8 Å². The number of aryl methyl sites for hydroxylation is 1. The van der Waals surface area contributed by atoms with Crippen LogP contribution < -0.4 is 15.5 Å². The number of para-hydroxylation sites is 1. The van der Waals surface area contributed by atoms with Gasteiger partial charge in [-0.05, 0) is 72.9 Å². The molecule has 2 N–H and O–H groups in total. The van der Waals surface area contributed by atoms with Crippen LogP contribution >= 0.6 is 0 Å². The summed E-state index contributed by atoms with van der Waals surface area (Å²) in [7, 11) is 0. The summed E-state index contributed by atoms with van der Waals surface area (Å²) in [6, 6.07) is 20.1. The maximum absolute atomic E-state index is 12.5. The summed E-state index contributed by atoms with van der Waals surface area (Å²) in [6.45, 7) is 5.63. The Labute approximate surface area is 178 Å². The van der Waals surface area contributed by atoms with Crippen molar-refractivity contribution >= 4 is 17.3 Å². The van der Waals surface area contributed by atoms with E-state index in [0.29, 0.717) is 18.0 Å². The number of rotatable bonds is 7. The highest BCUT2D eigenvalue weighted by Gasteiger charge is 2.24. The highest BCUT2D eigenvalue weighted by Crippen LogP contribution is 2.26. The van der Waals surface area contributed by atoms with E-state index >= 15 is 0 Å². The maximum atomic E-state index is 12.5. The van der Waals surface area contributed by atoms with Crippen molar-refractivity contribution in [3.63, 3.8) is 0 Å². The summed E-state index contributed by atoms with van der Waals surface area (Å²) in [5, 5.41) is 6.48. The Morgan fingerprint density at radius 2 is 1.83 bits per heavy atom. The third kappa shape index (κ3) is 4.98. The van der Waals surface area contributed by atoms with Crippen molar-refractivity contribution in [2.75, 3.05) is 29.9 Å². The van der Waals surface area contributed by atoms with Crippen molar-refractivity contribution in [2.45, 2.75) is 19.9 Å². The van der Waals surface area contributed by atoms with Crippen LogP contribution in [0.3, 0.4) is 0 Å². The first-order chi connectivity index (χ1) is 14.7. The van der Waals surface area contributed by atoms with E-state index in [1.807, 2.05) is 36.4 Å². The van der Waals surface area contributed by atoms with E-state index < -0.39 is 0 Å². The Hall–Kier alpha value is -3.34. The fraction of sp³-hybridized carbons (Fsp3) is 0.280. The van der Waals surface area contributed by atoms with Crippen molar-refractivity contribution < 1.29 is 4.79 Å². The minimum absolute atomic E-state index is 0.00924. The Balaban J connectivity index is 1.25. The summed E-state index contributed by atoms with van der Waals surface area (Å²) in [4.78, 5) is 19.0. The zero-order chi connectivity index (χ0) is 20.8. The van der Waals surface area contributed by atoms with Gasteiger partial charge in [-0.25, -0.2) is 0 Å². The zero-order valence-corrected chi connectivity index (χ0v) is 17.3. The molecule has 5 nitrogen and oxygen atoms in total. The predicted molar refractivity (Wildman–Crippen MR) is 122 cm³/mol. The van der Waals surface area contributed by atoms with Crippen LogP contribution in [0.25, 0.3) is 0 Å². The molecule has 1 aliphatic rings. The molecule has 0 aliphatic carbocycles. The molecule has 2 aromatic carbocycles. The van der Waals surface area contributed by atoms with Gasteiger partial charge in [0.05, 0.1) is 0 Å². The number of amides is 1. The third-order valence-corrected chi connectivity index (χ3v) is 5.69. The van der Waals surface area contributed by atoms with Gasteiger partial charge in [-0.1, -0.05) is 18.2 Å². The van der Waals surface area contributed by atoms with Crippen molar-refractivity contribution in [1.29, 1.82) is 0 Å². The molecule has 4 rings (SSSR count). The molecule has 1 atom stereocenters. The van der Waals surface area contributed by atoms with Crippen molar-refractivity contribution in [3.05, 3.63) is 89.7 Å². The molecule has 2 heterocycles. The minimum Gasteiger partial charge on any atom is -0.381 e. The number of hydrogen-bond acceptors (Lipinski definition) is 4. The first-order valence-electron chi connectivity index (χ1n) is 10.5. The lowest BCUT2D eigenvalue weighted by Gasteiger charge is -2.21. The highest BCUT2D eigenvalue weighted by atomic mass is 16.1. The molecule has 0 saturated carbocycles. The van der Waals surface area contributed by atoms with E-state index in [0.717, 1.165) is 31.7 Å². The van der Waals surface area contributed by atoms with Crippen LogP contribution in [0.4, 0.5) is 11.4 Å². The number of carbonyl (C=O) groups is 1. The normalized spacial score (nSPS) is 15.8. The highest BCUT2D eigenvalue weighted by molar-refractivity contribution is 5.94. The van der Waals surface area contributed by atoms with Crippen molar-refractivity contribution in [2.24, 2.45) is 5.92 Å². The standard InChI is InChI=1S/C25H28N4O/c1-19-4-2-3-5-24(19)29-15-12-21(18-29)17-28-25(30)22-6-8-23(9-7-22)27-16-20-10-13-26-14-11-20/h2-11,13-14,21,27H,12,15-18H2,1H3,(H,28,30). The lowest BCUT2D eigenvalue weighted by molar-refractivity contribution is 0.0948. The molecule has 1 fully saturated rings. The Bertz CT molecular complexity index is 972. The Morgan fingerprint density at radius 1 is 1.07 bits per heavy atom. The van der Waals surface area contributed by atoms with Crippen LogP contribution in [0.2, 0.25) is 0 Å². The number of carbonyl (C=O) groups excluding carboxylic acids is 1. The largest absolute Gasteiger partial charge is 0.381 e. The van der Waals surface area contributed by atoms with Gasteiger partial charge >= 0.3 is 0 Å². The van der Waals surface area contributed by atoms with Crippen molar-refractivity contribution in [1.82, 2.24) is 10.3 Å². The lowest BCUT2D eigenvalue weighted by atomic mass is 10.1. The Morgan fingerprint density at radius 3 is 2.60 bits per heavy atom. The fourth-order valence-electron chi connectivity index (χ4n) is 3.92. The lowest BCUT2D eigenvalue weighted by Crippen LogP contribution is -2.31. The van der Waals surface area contributed by atoms with Crippen LogP contribution in [0.5, 0.6) is 0 Å². The van der Waals surface area contributed by atoms with Gasteiger partial charge in [-0.15, -0.1) is 0 Å². The van der Waals surface area contributed by atoms with Crippen LogP contribution in [0.1, 0.15) is 27.9 Å². The van der Waals surface area contributed by atoms with Crippen LogP contribution in [0.15, 0.2) is 73.1 Å². The second-order valence-electron chi connectivity index (χ2n) is 7.88. The number of pyridine rings is 1. The second kappa shape index (κ2) is 9.44.